The van der Waals surface area contributed by atoms with Crippen LogP contribution in [0.2, 0.25) is 0 Å². The number of primary amides is 1. The predicted molar refractivity (Wildman–Crippen MR) is 107 cm³/mol. The number of nitrogens with two attached hydrogens (primary N) is 1. The third kappa shape index (κ3) is 4.62. The van der Waals surface area contributed by atoms with E-state index >= 15 is 0 Å². The minimum Gasteiger partial charge on any atom is -0.489 e. The number of piperidine rings is 1. The van der Waals surface area contributed by atoms with Gasteiger partial charge in [0, 0.05) is 6.54 Å². The number of carboxylic acid groups (broad SMARTS) is 1. The number of carboxylic acids is 1. The Kier molecular flexibility index (Phi) is 6.18. The quantitative estimate of drug-likeness (QED) is 0.595. The van der Waals surface area contributed by atoms with Crippen LogP contribution in [0.25, 0.3) is 0 Å². The fraction of sp³-hybridized carbons (Fsp3) is 0.300. The Morgan fingerprint density at radius 3 is 2.48 bits per heavy atom. The molecule has 2 atom stereocenters. The van der Waals surface area contributed by atoms with Crippen molar-refractivity contribution in [1.29, 1.82) is 0 Å². The number of rotatable bonds is 6. The molecule has 166 valence electrons. The molecule has 1 heterocycles. The van der Waals surface area contributed by atoms with Crippen molar-refractivity contribution < 1.29 is 37.3 Å². The number of halogens is 1. The molecule has 0 aliphatic carbocycles. The first-order valence-corrected chi connectivity index (χ1v) is 10.8. The number of urea groups is 1. The van der Waals surface area contributed by atoms with Crippen molar-refractivity contribution in [3.8, 4) is 5.75 Å². The zero-order valence-electron chi connectivity index (χ0n) is 16.3. The van der Waals surface area contributed by atoms with Crippen LogP contribution in [0.4, 0.5) is 9.18 Å². The van der Waals surface area contributed by atoms with E-state index in [9.17, 15) is 32.6 Å². The van der Waals surface area contributed by atoms with Gasteiger partial charge in [0.1, 0.15) is 23.4 Å². The van der Waals surface area contributed by atoms with Gasteiger partial charge in [-0.05, 0) is 48.4 Å². The van der Waals surface area contributed by atoms with E-state index in [1.807, 2.05) is 0 Å². The summed E-state index contributed by atoms with van der Waals surface area (Å²) in [5.74, 6) is -1.85. The number of likely N-dealkylation sites (tertiary alicyclic amines) is 1. The van der Waals surface area contributed by atoms with Crippen LogP contribution < -0.4 is 10.5 Å². The van der Waals surface area contributed by atoms with E-state index in [2.05, 4.69) is 0 Å². The zero-order chi connectivity index (χ0) is 22.8. The first-order valence-electron chi connectivity index (χ1n) is 9.25. The number of hydrogen-bond acceptors (Lipinski definition) is 6. The SMILES string of the molecule is NC(=O)N1CCC(S(=O)(=O)c2ccc(OCc3cccc(F)c3)cc2)C(O)(C(=O)O)C1. The first kappa shape index (κ1) is 22.5. The largest absolute Gasteiger partial charge is 0.489 e. The highest BCUT2D eigenvalue weighted by atomic mass is 32.2. The highest BCUT2D eigenvalue weighted by molar-refractivity contribution is 7.92. The molecule has 0 spiro atoms. The topological polar surface area (TPSA) is 147 Å². The second kappa shape index (κ2) is 8.52. The maximum absolute atomic E-state index is 13.2. The fourth-order valence-corrected chi connectivity index (χ4v) is 5.42. The number of β-amino-alcohol motifs (C(OH)–C–C–N with tert-alkyl or cyclic N) is 1. The molecule has 1 aliphatic rings. The van der Waals surface area contributed by atoms with E-state index in [1.165, 1.54) is 42.5 Å². The lowest BCUT2D eigenvalue weighted by atomic mass is 9.92. The van der Waals surface area contributed by atoms with Crippen LogP contribution >= 0.6 is 0 Å². The van der Waals surface area contributed by atoms with Crippen LogP contribution in [0.15, 0.2) is 53.4 Å². The number of aliphatic carboxylic acids is 1. The molecule has 1 saturated heterocycles. The molecule has 4 N–H and O–H groups in total. The van der Waals surface area contributed by atoms with E-state index in [0.717, 1.165) is 4.90 Å². The molecule has 2 unspecified atom stereocenters. The number of aliphatic hydroxyl groups is 1. The summed E-state index contributed by atoms with van der Waals surface area (Å²) < 4.78 is 44.9. The molecule has 2 aromatic carbocycles. The molecule has 2 aromatic rings. The highest BCUT2D eigenvalue weighted by Crippen LogP contribution is 2.33. The normalized spacial score (nSPS) is 21.5. The summed E-state index contributed by atoms with van der Waals surface area (Å²) in [5.41, 5.74) is 3.03. The number of hydrogen-bond donors (Lipinski definition) is 3. The summed E-state index contributed by atoms with van der Waals surface area (Å²) >= 11 is 0. The molecule has 9 nitrogen and oxygen atoms in total. The average Bonchev–Trinajstić information content (AvgIpc) is 2.72. The number of carbonyl (C=O) groups excluding carboxylic acids is 1. The summed E-state index contributed by atoms with van der Waals surface area (Å²) in [7, 11) is -4.27. The van der Waals surface area contributed by atoms with Crippen molar-refractivity contribution in [2.24, 2.45) is 5.73 Å². The lowest BCUT2D eigenvalue weighted by Crippen LogP contribution is -2.65. The van der Waals surface area contributed by atoms with Crippen LogP contribution in [0.5, 0.6) is 5.75 Å². The lowest BCUT2D eigenvalue weighted by molar-refractivity contribution is -0.162. The second-order valence-corrected chi connectivity index (χ2v) is 9.33. The van der Waals surface area contributed by atoms with Gasteiger partial charge < -0.3 is 25.6 Å². The summed E-state index contributed by atoms with van der Waals surface area (Å²) in [5, 5.41) is 18.4. The number of sulfone groups is 1. The molecule has 1 fully saturated rings. The summed E-state index contributed by atoms with van der Waals surface area (Å²) in [4.78, 5) is 23.7. The third-order valence-electron chi connectivity index (χ3n) is 5.13. The van der Waals surface area contributed by atoms with Crippen LogP contribution in [0.3, 0.4) is 0 Å². The lowest BCUT2D eigenvalue weighted by Gasteiger charge is -2.40. The van der Waals surface area contributed by atoms with Crippen molar-refractivity contribution >= 4 is 21.8 Å². The Labute approximate surface area is 177 Å². The van der Waals surface area contributed by atoms with Crippen molar-refractivity contribution in [3.05, 3.63) is 59.9 Å². The van der Waals surface area contributed by atoms with E-state index in [-0.39, 0.29) is 24.5 Å². The Morgan fingerprint density at radius 2 is 1.90 bits per heavy atom. The number of benzene rings is 2. The standard InChI is InChI=1S/C20H21FN2O7S/c21-14-3-1-2-13(10-14)11-30-15-4-6-16(7-5-15)31(28,29)17-8-9-23(19(22)26)12-20(17,27)18(24)25/h1-7,10,17,27H,8-9,11-12H2,(H2,22,26)(H,24,25). The van der Waals surface area contributed by atoms with Crippen molar-refractivity contribution in [1.82, 2.24) is 4.90 Å². The van der Waals surface area contributed by atoms with Gasteiger partial charge in [-0.25, -0.2) is 22.4 Å². The van der Waals surface area contributed by atoms with Gasteiger partial charge >= 0.3 is 12.0 Å². The monoisotopic (exact) mass is 452 g/mol. The van der Waals surface area contributed by atoms with Gasteiger partial charge in [-0.15, -0.1) is 0 Å². The maximum Gasteiger partial charge on any atom is 0.338 e. The smallest absolute Gasteiger partial charge is 0.338 e. The number of ether oxygens (including phenoxy) is 1. The molecule has 0 bridgehead atoms. The number of amides is 2. The fourth-order valence-electron chi connectivity index (χ4n) is 3.47. The predicted octanol–water partition coefficient (Wildman–Crippen LogP) is 1.15. The van der Waals surface area contributed by atoms with Crippen LogP contribution in [0, 0.1) is 5.82 Å². The van der Waals surface area contributed by atoms with Crippen LogP contribution in [-0.4, -0.2) is 59.5 Å². The second-order valence-electron chi connectivity index (χ2n) is 7.20. The van der Waals surface area contributed by atoms with E-state index in [4.69, 9.17) is 10.5 Å². The summed E-state index contributed by atoms with van der Waals surface area (Å²) in [6.07, 6.45) is -0.300. The van der Waals surface area contributed by atoms with Crippen LogP contribution in [0.1, 0.15) is 12.0 Å². The van der Waals surface area contributed by atoms with E-state index in [0.29, 0.717) is 11.3 Å². The minimum absolute atomic E-state index is 0.0637. The van der Waals surface area contributed by atoms with E-state index in [1.54, 1.807) is 6.07 Å². The molecule has 11 heteroatoms. The molecule has 2 amide bonds. The molecule has 3 rings (SSSR count). The van der Waals surface area contributed by atoms with Gasteiger partial charge in [0.25, 0.3) is 0 Å². The molecule has 0 saturated carbocycles. The van der Waals surface area contributed by atoms with Gasteiger partial charge in [-0.1, -0.05) is 12.1 Å². The minimum atomic E-state index is -4.27. The van der Waals surface area contributed by atoms with Gasteiger partial charge in [-0.2, -0.15) is 0 Å². The number of nitrogens with zero attached hydrogens (tertiary/aromatic N) is 1. The van der Waals surface area contributed by atoms with Crippen molar-refractivity contribution in [2.45, 2.75) is 28.8 Å². The zero-order valence-corrected chi connectivity index (χ0v) is 17.1. The molecular weight excluding hydrogens is 431 g/mol. The molecule has 0 aromatic heterocycles. The van der Waals surface area contributed by atoms with Gasteiger partial charge in [-0.3, -0.25) is 0 Å². The van der Waals surface area contributed by atoms with Gasteiger partial charge in [0.15, 0.2) is 15.4 Å². The van der Waals surface area contributed by atoms with Crippen LogP contribution in [-0.2, 0) is 21.2 Å². The Balaban J connectivity index is 1.79. The summed E-state index contributed by atoms with van der Waals surface area (Å²) in [6.45, 7) is -0.783. The Bertz CT molecular complexity index is 1090. The van der Waals surface area contributed by atoms with Gasteiger partial charge in [0.2, 0.25) is 0 Å². The molecular formula is C20H21FN2O7S. The Morgan fingerprint density at radius 1 is 1.23 bits per heavy atom. The first-order chi connectivity index (χ1) is 14.5. The summed E-state index contributed by atoms with van der Waals surface area (Å²) in [6, 6.07) is 10.1. The van der Waals surface area contributed by atoms with Gasteiger partial charge in [0.05, 0.1) is 11.4 Å². The van der Waals surface area contributed by atoms with Crippen molar-refractivity contribution in [3.63, 3.8) is 0 Å². The third-order valence-corrected chi connectivity index (χ3v) is 7.43. The Hall–Kier alpha value is -3.18. The molecule has 0 radical (unpaired) electrons. The van der Waals surface area contributed by atoms with E-state index < -0.39 is 45.1 Å². The maximum atomic E-state index is 13.2. The molecule has 1 aliphatic heterocycles. The van der Waals surface area contributed by atoms with Crippen molar-refractivity contribution in [2.75, 3.05) is 13.1 Å². The average molecular weight is 452 g/mol. The number of carbonyl (C=O) groups is 2. The highest BCUT2D eigenvalue weighted by Gasteiger charge is 2.55. The molecule has 31 heavy (non-hydrogen) atoms.